The summed E-state index contributed by atoms with van der Waals surface area (Å²) in [4.78, 5) is 3.82. The van der Waals surface area contributed by atoms with Gasteiger partial charge in [0, 0.05) is 24.4 Å². The summed E-state index contributed by atoms with van der Waals surface area (Å²) in [5.74, 6) is 1.35. The molecule has 0 aliphatic carbocycles. The first-order chi connectivity index (χ1) is 11.0. The molecule has 23 heavy (non-hydrogen) atoms. The van der Waals surface area contributed by atoms with Gasteiger partial charge in [-0.1, -0.05) is 0 Å². The number of phenolic OH excluding ortho intramolecular Hbond substituents is 2. The zero-order valence-electron chi connectivity index (χ0n) is 13.0. The van der Waals surface area contributed by atoms with E-state index in [2.05, 4.69) is 10.3 Å². The summed E-state index contributed by atoms with van der Waals surface area (Å²) < 4.78 is 9.84. The minimum absolute atomic E-state index is 0.0348. The second kappa shape index (κ2) is 6.82. The monoisotopic (exact) mass is 320 g/mol. The molecule has 2 heterocycles. The van der Waals surface area contributed by atoms with Gasteiger partial charge in [-0.05, 0) is 18.1 Å². The van der Waals surface area contributed by atoms with Crippen molar-refractivity contribution in [3.05, 3.63) is 23.8 Å². The van der Waals surface area contributed by atoms with Crippen LogP contribution in [0.25, 0.3) is 0 Å². The first-order valence-corrected chi connectivity index (χ1v) is 6.89. The summed E-state index contributed by atoms with van der Waals surface area (Å²) in [7, 11) is 3.01. The Labute approximate surface area is 133 Å². The molecule has 124 valence electrons. The maximum atomic E-state index is 9.11. The third-order valence-electron chi connectivity index (χ3n) is 3.36. The maximum absolute atomic E-state index is 9.11. The van der Waals surface area contributed by atoms with Crippen LogP contribution in [0.1, 0.15) is 5.56 Å². The van der Waals surface area contributed by atoms with Gasteiger partial charge in [0.25, 0.3) is 0 Å². The molecule has 1 aromatic carbocycles. The number of anilines is 3. The molecule has 8 heteroatoms. The standard InChI is InChI=1S/C8H9NO2.C7H11N3O2/c10-7-3-5-1-2-9-6(5)4-8(7)11;1-11-4-3-5(12-2)7(9)10-6(4)8/h3-4,9-11H,1-2H2;3H,1-2H3,(H4,8,9,10). The van der Waals surface area contributed by atoms with Crippen LogP contribution in [-0.2, 0) is 6.42 Å². The number of pyridine rings is 1. The van der Waals surface area contributed by atoms with Crippen molar-refractivity contribution >= 4 is 17.3 Å². The van der Waals surface area contributed by atoms with Gasteiger partial charge < -0.3 is 36.5 Å². The van der Waals surface area contributed by atoms with E-state index in [1.807, 2.05) is 0 Å². The molecule has 3 rings (SSSR count). The lowest BCUT2D eigenvalue weighted by molar-refractivity contribution is 0.394. The number of nitrogen functional groups attached to an aromatic ring is 2. The van der Waals surface area contributed by atoms with Crippen molar-refractivity contribution in [3.8, 4) is 23.0 Å². The molecule has 0 fully saturated rings. The van der Waals surface area contributed by atoms with Gasteiger partial charge in [-0.25, -0.2) is 4.98 Å². The number of nitrogens with zero attached hydrogens (tertiary/aromatic N) is 1. The number of rotatable bonds is 2. The Kier molecular flexibility index (Phi) is 4.85. The number of methoxy groups -OCH3 is 2. The van der Waals surface area contributed by atoms with Gasteiger partial charge in [-0.15, -0.1) is 0 Å². The first-order valence-electron chi connectivity index (χ1n) is 6.89. The van der Waals surface area contributed by atoms with Gasteiger partial charge in [0.2, 0.25) is 0 Å². The van der Waals surface area contributed by atoms with Crippen molar-refractivity contribution < 1.29 is 19.7 Å². The fourth-order valence-corrected chi connectivity index (χ4v) is 2.16. The van der Waals surface area contributed by atoms with E-state index in [1.54, 1.807) is 18.2 Å². The van der Waals surface area contributed by atoms with E-state index in [9.17, 15) is 0 Å². The summed E-state index contributed by atoms with van der Waals surface area (Å²) in [6.07, 6.45) is 0.920. The van der Waals surface area contributed by atoms with Gasteiger partial charge in [-0.2, -0.15) is 0 Å². The van der Waals surface area contributed by atoms with E-state index in [1.165, 1.54) is 14.2 Å². The fourth-order valence-electron chi connectivity index (χ4n) is 2.16. The number of phenols is 2. The molecule has 1 aliphatic rings. The molecule has 0 saturated heterocycles. The van der Waals surface area contributed by atoms with Crippen molar-refractivity contribution in [2.45, 2.75) is 6.42 Å². The molecule has 0 radical (unpaired) electrons. The summed E-state index contributed by atoms with van der Waals surface area (Å²) in [5, 5.41) is 21.3. The van der Waals surface area contributed by atoms with Crippen LogP contribution in [0.3, 0.4) is 0 Å². The quantitative estimate of drug-likeness (QED) is 0.413. The molecule has 7 N–H and O–H groups in total. The molecule has 0 spiro atoms. The van der Waals surface area contributed by atoms with Crippen LogP contribution in [0, 0.1) is 0 Å². The lowest BCUT2D eigenvalue weighted by Gasteiger charge is -2.07. The molecular formula is C15H20N4O4. The second-order valence-corrected chi connectivity index (χ2v) is 4.84. The summed E-state index contributed by atoms with van der Waals surface area (Å²) >= 11 is 0. The van der Waals surface area contributed by atoms with Crippen LogP contribution >= 0.6 is 0 Å². The normalized spacial score (nSPS) is 11.7. The van der Waals surface area contributed by atoms with Gasteiger partial charge >= 0.3 is 0 Å². The molecular weight excluding hydrogens is 300 g/mol. The Balaban J connectivity index is 0.000000167. The summed E-state index contributed by atoms with van der Waals surface area (Å²) in [6, 6.07) is 4.75. The Bertz CT molecular complexity index is 652. The number of nitrogens with one attached hydrogen (secondary N) is 1. The van der Waals surface area contributed by atoms with Crippen molar-refractivity contribution in [1.29, 1.82) is 0 Å². The van der Waals surface area contributed by atoms with E-state index < -0.39 is 0 Å². The number of nitrogens with two attached hydrogens (primary N) is 2. The minimum Gasteiger partial charge on any atom is -0.504 e. The highest BCUT2D eigenvalue weighted by Gasteiger charge is 2.12. The first kappa shape index (κ1) is 16.3. The Morgan fingerprint density at radius 3 is 2.13 bits per heavy atom. The molecule has 8 nitrogen and oxygen atoms in total. The van der Waals surface area contributed by atoms with Crippen molar-refractivity contribution in [1.82, 2.24) is 4.98 Å². The van der Waals surface area contributed by atoms with E-state index in [0.29, 0.717) is 11.5 Å². The lowest BCUT2D eigenvalue weighted by Crippen LogP contribution is -2.01. The summed E-state index contributed by atoms with van der Waals surface area (Å²) in [5.41, 5.74) is 13.0. The molecule has 0 unspecified atom stereocenters. The predicted octanol–water partition coefficient (Wildman–Crippen LogP) is 1.33. The SMILES string of the molecule is COc1cc(OC)c(N)nc1N.Oc1cc2c(cc1O)NCC2. The number of aromatic hydroxyl groups is 2. The van der Waals surface area contributed by atoms with Crippen LogP contribution in [0.2, 0.25) is 0 Å². The molecule has 1 aromatic heterocycles. The predicted molar refractivity (Wildman–Crippen MR) is 88.1 cm³/mol. The average Bonchev–Trinajstić information content (AvgIpc) is 2.96. The van der Waals surface area contributed by atoms with Gasteiger partial charge in [0.15, 0.2) is 34.6 Å². The number of ether oxygens (including phenoxy) is 2. The van der Waals surface area contributed by atoms with Crippen LogP contribution < -0.4 is 26.3 Å². The zero-order valence-corrected chi connectivity index (χ0v) is 13.0. The highest BCUT2D eigenvalue weighted by atomic mass is 16.5. The van der Waals surface area contributed by atoms with Gasteiger partial charge in [0.1, 0.15) is 0 Å². The van der Waals surface area contributed by atoms with Crippen LogP contribution in [-0.4, -0.2) is 36.0 Å². The number of benzene rings is 1. The number of aromatic nitrogens is 1. The maximum Gasteiger partial charge on any atom is 0.168 e. The van der Waals surface area contributed by atoms with Gasteiger partial charge in [-0.3, -0.25) is 0 Å². The molecule has 0 bridgehead atoms. The van der Waals surface area contributed by atoms with E-state index in [-0.39, 0.29) is 23.1 Å². The third-order valence-corrected chi connectivity index (χ3v) is 3.36. The Hall–Kier alpha value is -3.03. The molecule has 2 aromatic rings. The number of hydrogen-bond acceptors (Lipinski definition) is 8. The molecule has 0 saturated carbocycles. The number of fused-ring (bicyclic) bond motifs is 1. The largest absolute Gasteiger partial charge is 0.504 e. The molecule has 0 atom stereocenters. The average molecular weight is 320 g/mol. The third kappa shape index (κ3) is 3.60. The fraction of sp³-hybridized carbons (Fsp3) is 0.267. The van der Waals surface area contributed by atoms with Gasteiger partial charge in [0.05, 0.1) is 14.2 Å². The molecule has 1 aliphatic heterocycles. The second-order valence-electron chi connectivity index (χ2n) is 4.84. The lowest BCUT2D eigenvalue weighted by atomic mass is 10.1. The van der Waals surface area contributed by atoms with Crippen molar-refractivity contribution in [3.63, 3.8) is 0 Å². The number of hydrogen-bond donors (Lipinski definition) is 5. The Morgan fingerprint density at radius 2 is 1.57 bits per heavy atom. The van der Waals surface area contributed by atoms with E-state index in [4.69, 9.17) is 31.2 Å². The van der Waals surface area contributed by atoms with Crippen LogP contribution in [0.5, 0.6) is 23.0 Å². The van der Waals surface area contributed by atoms with E-state index in [0.717, 1.165) is 24.2 Å². The van der Waals surface area contributed by atoms with Crippen LogP contribution in [0.4, 0.5) is 17.3 Å². The Morgan fingerprint density at radius 1 is 1.00 bits per heavy atom. The summed E-state index contributed by atoms with van der Waals surface area (Å²) in [6.45, 7) is 0.887. The highest BCUT2D eigenvalue weighted by molar-refractivity contribution is 5.62. The smallest absolute Gasteiger partial charge is 0.168 e. The van der Waals surface area contributed by atoms with Crippen molar-refractivity contribution in [2.75, 3.05) is 37.5 Å². The minimum atomic E-state index is -0.0573. The zero-order chi connectivity index (χ0) is 17.0. The molecule has 0 amide bonds. The topological polar surface area (TPSA) is 136 Å². The van der Waals surface area contributed by atoms with Crippen molar-refractivity contribution in [2.24, 2.45) is 0 Å². The highest BCUT2D eigenvalue weighted by Crippen LogP contribution is 2.33. The van der Waals surface area contributed by atoms with E-state index >= 15 is 0 Å². The van der Waals surface area contributed by atoms with Crippen LogP contribution in [0.15, 0.2) is 18.2 Å².